The fourth-order valence-corrected chi connectivity index (χ4v) is 5.18. The summed E-state index contributed by atoms with van der Waals surface area (Å²) in [5.74, 6) is 1.46. The average Bonchev–Trinajstić information content (AvgIpc) is 3.33. The molecule has 4 aromatic rings. The lowest BCUT2D eigenvalue weighted by Crippen LogP contribution is -2.35. The summed E-state index contributed by atoms with van der Waals surface area (Å²) in [5.41, 5.74) is 1.96. The molecule has 0 spiro atoms. The number of amides is 1. The summed E-state index contributed by atoms with van der Waals surface area (Å²) in [6.07, 6.45) is 1.05. The fraction of sp³-hybridized carbons (Fsp3) is 0.231. The number of nitro groups is 1. The Morgan fingerprint density at radius 1 is 1.16 bits per heavy atom. The molecule has 0 unspecified atom stereocenters. The van der Waals surface area contributed by atoms with Crippen molar-refractivity contribution in [3.63, 3.8) is 0 Å². The quantitative estimate of drug-likeness (QED) is 0.107. The van der Waals surface area contributed by atoms with E-state index in [0.29, 0.717) is 39.2 Å². The molecular formula is C26H22ClN5O5S. The maximum absolute atomic E-state index is 13.0. The van der Waals surface area contributed by atoms with E-state index in [1.807, 2.05) is 18.2 Å². The first-order valence-electron chi connectivity index (χ1n) is 11.8. The molecule has 0 radical (unpaired) electrons. The van der Waals surface area contributed by atoms with Crippen molar-refractivity contribution in [3.8, 4) is 28.5 Å². The number of carbonyl (C=O) groups excluding carboxylic acids is 1. The van der Waals surface area contributed by atoms with E-state index in [1.165, 1.54) is 41.8 Å². The number of nitrogens with zero attached hydrogens (tertiary/aromatic N) is 5. The molecule has 3 heterocycles. The predicted octanol–water partition coefficient (Wildman–Crippen LogP) is 6.70. The van der Waals surface area contributed by atoms with Gasteiger partial charge in [-0.05, 0) is 30.7 Å². The van der Waals surface area contributed by atoms with Crippen LogP contribution in [0.4, 0.5) is 11.4 Å². The van der Waals surface area contributed by atoms with Gasteiger partial charge in [0, 0.05) is 35.9 Å². The zero-order valence-corrected chi connectivity index (χ0v) is 22.0. The number of unbranched alkanes of at least 4 members (excludes halogenated alkanes) is 1. The van der Waals surface area contributed by atoms with Gasteiger partial charge in [-0.15, -0.1) is 10.2 Å². The Hall–Kier alpha value is -3.96. The van der Waals surface area contributed by atoms with E-state index in [2.05, 4.69) is 22.1 Å². The van der Waals surface area contributed by atoms with E-state index in [4.69, 9.17) is 20.8 Å². The second-order valence-electron chi connectivity index (χ2n) is 8.45. The summed E-state index contributed by atoms with van der Waals surface area (Å²) in [6.45, 7) is 3.55. The van der Waals surface area contributed by atoms with Crippen molar-refractivity contribution in [2.45, 2.75) is 38.1 Å². The summed E-state index contributed by atoms with van der Waals surface area (Å²) < 4.78 is 12.5. The highest BCUT2D eigenvalue weighted by atomic mass is 35.5. The largest absolute Gasteiger partial charge is 0.455 e. The van der Waals surface area contributed by atoms with E-state index in [-0.39, 0.29) is 22.5 Å². The third-order valence-electron chi connectivity index (χ3n) is 5.88. The van der Waals surface area contributed by atoms with E-state index in [9.17, 15) is 14.9 Å². The van der Waals surface area contributed by atoms with Gasteiger partial charge in [0.15, 0.2) is 11.5 Å². The minimum absolute atomic E-state index is 0.131. The lowest BCUT2D eigenvalue weighted by atomic mass is 10.1. The predicted molar refractivity (Wildman–Crippen MR) is 143 cm³/mol. The third kappa shape index (κ3) is 4.94. The van der Waals surface area contributed by atoms with Crippen molar-refractivity contribution >= 4 is 40.6 Å². The Balaban J connectivity index is 1.59. The molecule has 10 nitrogen and oxygen atoms in total. The number of carbonyl (C=O) groups is 1. The molecule has 1 aliphatic heterocycles. The summed E-state index contributed by atoms with van der Waals surface area (Å²) in [4.78, 5) is 29.7. The summed E-state index contributed by atoms with van der Waals surface area (Å²) >= 11 is 7.81. The number of fused-ring (bicyclic) bond motifs is 3. The van der Waals surface area contributed by atoms with Gasteiger partial charge in [0.05, 0.1) is 15.6 Å². The molecule has 2 aromatic heterocycles. The van der Waals surface area contributed by atoms with E-state index < -0.39 is 11.2 Å². The number of non-ortho nitro benzene ring substituents is 1. The molecule has 0 aliphatic carbocycles. The zero-order valence-electron chi connectivity index (χ0n) is 20.5. The van der Waals surface area contributed by atoms with Gasteiger partial charge in [-0.3, -0.25) is 19.8 Å². The second kappa shape index (κ2) is 10.8. The van der Waals surface area contributed by atoms with Gasteiger partial charge in [0.25, 0.3) is 5.69 Å². The van der Waals surface area contributed by atoms with Gasteiger partial charge < -0.3 is 9.15 Å². The maximum atomic E-state index is 13.0. The second-order valence-corrected chi connectivity index (χ2v) is 9.92. The molecule has 38 heavy (non-hydrogen) atoms. The van der Waals surface area contributed by atoms with E-state index >= 15 is 0 Å². The Bertz CT molecular complexity index is 1530. The van der Waals surface area contributed by atoms with Crippen molar-refractivity contribution in [1.29, 1.82) is 0 Å². The van der Waals surface area contributed by atoms with Crippen LogP contribution in [0.1, 0.15) is 38.7 Å². The Kier molecular flexibility index (Phi) is 7.30. The monoisotopic (exact) mass is 551 g/mol. The number of anilines is 1. The molecule has 0 saturated heterocycles. The summed E-state index contributed by atoms with van der Waals surface area (Å²) in [7, 11) is 0. The van der Waals surface area contributed by atoms with Crippen LogP contribution in [0.25, 0.3) is 22.6 Å². The number of furan rings is 1. The highest BCUT2D eigenvalue weighted by Crippen LogP contribution is 2.44. The van der Waals surface area contributed by atoms with Crippen LogP contribution in [-0.2, 0) is 4.79 Å². The standard InChI is InChI=1S/C26H22ClN5O5S/c1-3-4-13-38-26-28-24-23(29-30-26)18-7-5-6-8-20(18)31(15(2)33)25(37-24)22-12-11-21(36-22)17-10-9-16(32(34)35)14-19(17)27/h5-12,14,25H,3-4,13H2,1-2H3/t25-/m0/s1. The average molecular weight is 552 g/mol. The van der Waals surface area contributed by atoms with Crippen LogP contribution in [0.2, 0.25) is 5.02 Å². The number of nitro benzene ring substituents is 1. The Labute approximate surface area is 227 Å². The first kappa shape index (κ1) is 25.7. The highest BCUT2D eigenvalue weighted by molar-refractivity contribution is 7.99. The molecule has 5 rings (SSSR count). The number of hydrogen-bond donors (Lipinski definition) is 0. The van der Waals surface area contributed by atoms with Crippen molar-refractivity contribution in [2.75, 3.05) is 10.7 Å². The molecule has 1 amide bonds. The molecular weight excluding hydrogens is 530 g/mol. The number of hydrogen-bond acceptors (Lipinski definition) is 9. The van der Waals surface area contributed by atoms with Crippen LogP contribution in [-0.4, -0.2) is 31.8 Å². The highest BCUT2D eigenvalue weighted by Gasteiger charge is 2.36. The van der Waals surface area contributed by atoms with Crippen LogP contribution >= 0.6 is 23.4 Å². The minimum Gasteiger partial charge on any atom is -0.455 e. The molecule has 2 aromatic carbocycles. The SMILES string of the molecule is CCCCSc1nnc2c(n1)O[C@@H](c1ccc(-c3ccc([N+](=O)[O-])cc3Cl)o1)N(C(C)=O)c1ccccc1-2. The first-order chi connectivity index (χ1) is 18.4. The molecule has 0 saturated carbocycles. The van der Waals surface area contributed by atoms with Crippen molar-refractivity contribution in [3.05, 3.63) is 75.5 Å². The van der Waals surface area contributed by atoms with Crippen molar-refractivity contribution in [1.82, 2.24) is 15.2 Å². The lowest BCUT2D eigenvalue weighted by molar-refractivity contribution is -0.384. The number of aromatic nitrogens is 3. The summed E-state index contributed by atoms with van der Waals surface area (Å²) in [5, 5.41) is 20.4. The number of halogens is 1. The Morgan fingerprint density at radius 3 is 2.71 bits per heavy atom. The zero-order chi connectivity index (χ0) is 26.8. The van der Waals surface area contributed by atoms with Gasteiger partial charge in [0.1, 0.15) is 5.76 Å². The molecule has 1 aliphatic rings. The number of thioether (sulfide) groups is 1. The van der Waals surface area contributed by atoms with Crippen molar-refractivity contribution in [2.24, 2.45) is 0 Å². The first-order valence-corrected chi connectivity index (χ1v) is 13.2. The molecule has 0 bridgehead atoms. The molecule has 0 fully saturated rings. The van der Waals surface area contributed by atoms with Crippen LogP contribution in [0.15, 0.2) is 64.2 Å². The van der Waals surface area contributed by atoms with Gasteiger partial charge in [0.2, 0.25) is 23.2 Å². The van der Waals surface area contributed by atoms with Crippen molar-refractivity contribution < 1.29 is 18.9 Å². The van der Waals surface area contributed by atoms with Crippen LogP contribution in [0.3, 0.4) is 0 Å². The van der Waals surface area contributed by atoms with Gasteiger partial charge in [-0.1, -0.05) is 54.9 Å². The smallest absolute Gasteiger partial charge is 0.270 e. The normalized spacial score (nSPS) is 14.3. The minimum atomic E-state index is -1.01. The van der Waals surface area contributed by atoms with Crippen LogP contribution in [0.5, 0.6) is 5.88 Å². The Morgan fingerprint density at radius 2 is 1.97 bits per heavy atom. The fourth-order valence-electron chi connectivity index (χ4n) is 4.05. The number of ether oxygens (including phenoxy) is 1. The maximum Gasteiger partial charge on any atom is 0.270 e. The van der Waals surface area contributed by atoms with E-state index in [1.54, 1.807) is 18.2 Å². The summed E-state index contributed by atoms with van der Waals surface area (Å²) in [6, 6.07) is 14.8. The topological polar surface area (TPSA) is 124 Å². The lowest BCUT2D eigenvalue weighted by Gasteiger charge is -2.28. The molecule has 1 atom stereocenters. The number of benzene rings is 2. The molecule has 0 N–H and O–H groups in total. The number of rotatable bonds is 7. The van der Waals surface area contributed by atoms with Gasteiger partial charge in [-0.25, -0.2) is 0 Å². The van der Waals surface area contributed by atoms with Crippen LogP contribution < -0.4 is 9.64 Å². The number of para-hydroxylation sites is 1. The molecule has 194 valence electrons. The van der Waals surface area contributed by atoms with Gasteiger partial charge >= 0.3 is 0 Å². The van der Waals surface area contributed by atoms with Gasteiger partial charge in [-0.2, -0.15) is 4.98 Å². The molecule has 12 heteroatoms. The third-order valence-corrected chi connectivity index (χ3v) is 7.12. The van der Waals surface area contributed by atoms with E-state index in [0.717, 1.165) is 18.6 Å². The van der Waals surface area contributed by atoms with Crippen LogP contribution in [0, 0.1) is 10.1 Å².